The fourth-order valence-electron chi connectivity index (χ4n) is 2.64. The molecule has 2 rings (SSSR count). The molecule has 0 aliphatic carbocycles. The van der Waals surface area contributed by atoms with Gasteiger partial charge in [0.15, 0.2) is 11.5 Å². The number of ether oxygens (including phenoxy) is 2. The molecular formula is C19H24N2O5S. The summed E-state index contributed by atoms with van der Waals surface area (Å²) in [6, 6.07) is 11.6. The van der Waals surface area contributed by atoms with Crippen LogP contribution in [0.3, 0.4) is 0 Å². The van der Waals surface area contributed by atoms with Gasteiger partial charge in [0.25, 0.3) is 5.91 Å². The van der Waals surface area contributed by atoms with Gasteiger partial charge >= 0.3 is 0 Å². The number of benzene rings is 2. The van der Waals surface area contributed by atoms with E-state index >= 15 is 0 Å². The molecule has 7 nitrogen and oxygen atoms in total. The zero-order valence-corrected chi connectivity index (χ0v) is 16.6. The van der Waals surface area contributed by atoms with E-state index in [1.165, 1.54) is 0 Å². The Morgan fingerprint density at radius 3 is 2.19 bits per heavy atom. The van der Waals surface area contributed by atoms with E-state index in [0.717, 1.165) is 11.8 Å². The molecule has 0 aromatic heterocycles. The number of anilines is 1. The van der Waals surface area contributed by atoms with Crippen molar-refractivity contribution in [1.29, 1.82) is 0 Å². The van der Waals surface area contributed by atoms with Crippen molar-refractivity contribution in [3.05, 3.63) is 53.6 Å². The topological polar surface area (TPSA) is 93.7 Å². The van der Waals surface area contributed by atoms with E-state index in [1.807, 2.05) is 19.1 Å². The number of sulfonamides is 1. The molecule has 0 radical (unpaired) electrons. The van der Waals surface area contributed by atoms with E-state index in [2.05, 4.69) is 10.0 Å². The lowest BCUT2D eigenvalue weighted by Crippen LogP contribution is -2.28. The average Bonchev–Trinajstić information content (AvgIpc) is 2.64. The van der Waals surface area contributed by atoms with Gasteiger partial charge in [0.2, 0.25) is 10.0 Å². The van der Waals surface area contributed by atoms with Gasteiger partial charge < -0.3 is 14.8 Å². The fourth-order valence-corrected chi connectivity index (χ4v) is 3.20. The molecule has 0 heterocycles. The zero-order chi connectivity index (χ0) is 20.0. The molecule has 0 bridgehead atoms. The van der Waals surface area contributed by atoms with Crippen LogP contribution in [0.25, 0.3) is 0 Å². The van der Waals surface area contributed by atoms with Crippen molar-refractivity contribution in [3.8, 4) is 11.5 Å². The molecule has 1 unspecified atom stereocenters. The number of amides is 1. The van der Waals surface area contributed by atoms with Crippen LogP contribution in [-0.4, -0.2) is 34.8 Å². The van der Waals surface area contributed by atoms with Crippen molar-refractivity contribution in [2.45, 2.75) is 19.4 Å². The van der Waals surface area contributed by atoms with Crippen LogP contribution in [-0.2, 0) is 10.0 Å². The van der Waals surface area contributed by atoms with Crippen LogP contribution in [0.15, 0.2) is 42.5 Å². The Morgan fingerprint density at radius 2 is 1.67 bits per heavy atom. The number of methoxy groups -OCH3 is 2. The molecule has 2 N–H and O–H groups in total. The van der Waals surface area contributed by atoms with E-state index in [4.69, 9.17) is 9.47 Å². The largest absolute Gasteiger partial charge is 0.493 e. The number of nitrogens with one attached hydrogen (secondary N) is 2. The number of rotatable bonds is 8. The number of carbonyl (C=O) groups is 1. The Kier molecular flexibility index (Phi) is 6.68. The maximum Gasteiger partial charge on any atom is 0.251 e. The second kappa shape index (κ2) is 8.77. The predicted molar refractivity (Wildman–Crippen MR) is 105 cm³/mol. The van der Waals surface area contributed by atoms with Gasteiger partial charge in [-0.1, -0.05) is 13.0 Å². The Labute approximate surface area is 159 Å². The van der Waals surface area contributed by atoms with Crippen molar-refractivity contribution in [2.24, 2.45) is 0 Å². The second-order valence-electron chi connectivity index (χ2n) is 6.00. The van der Waals surface area contributed by atoms with E-state index in [1.54, 1.807) is 44.6 Å². The Balaban J connectivity index is 2.15. The maximum absolute atomic E-state index is 12.6. The molecule has 146 valence electrons. The second-order valence-corrected chi connectivity index (χ2v) is 7.75. The van der Waals surface area contributed by atoms with Gasteiger partial charge in [-0.05, 0) is 48.4 Å². The molecule has 0 spiro atoms. The normalized spacial score (nSPS) is 12.1. The maximum atomic E-state index is 12.6. The molecule has 2 aromatic rings. The lowest BCUT2D eigenvalue weighted by atomic mass is 10.0. The molecule has 1 atom stereocenters. The molecule has 0 saturated carbocycles. The van der Waals surface area contributed by atoms with Crippen molar-refractivity contribution in [3.63, 3.8) is 0 Å². The van der Waals surface area contributed by atoms with Crippen molar-refractivity contribution in [1.82, 2.24) is 5.32 Å². The van der Waals surface area contributed by atoms with Gasteiger partial charge in [0, 0.05) is 11.3 Å². The van der Waals surface area contributed by atoms with Crippen LogP contribution >= 0.6 is 0 Å². The third kappa shape index (κ3) is 5.62. The first-order chi connectivity index (χ1) is 12.8. The van der Waals surface area contributed by atoms with Crippen molar-refractivity contribution in [2.75, 3.05) is 25.2 Å². The minimum atomic E-state index is -3.35. The smallest absolute Gasteiger partial charge is 0.251 e. The Bertz CT molecular complexity index is 895. The van der Waals surface area contributed by atoms with E-state index in [0.29, 0.717) is 29.2 Å². The summed E-state index contributed by atoms with van der Waals surface area (Å²) in [5.41, 5.74) is 1.74. The Morgan fingerprint density at radius 1 is 1.04 bits per heavy atom. The molecule has 0 fully saturated rings. The zero-order valence-electron chi connectivity index (χ0n) is 15.8. The minimum Gasteiger partial charge on any atom is -0.493 e. The first-order valence-electron chi connectivity index (χ1n) is 8.38. The number of hydrogen-bond acceptors (Lipinski definition) is 5. The van der Waals surface area contributed by atoms with Gasteiger partial charge in [-0.2, -0.15) is 0 Å². The predicted octanol–water partition coefficient (Wildman–Crippen LogP) is 2.96. The molecule has 0 aliphatic heterocycles. The summed E-state index contributed by atoms with van der Waals surface area (Å²) >= 11 is 0. The highest BCUT2D eigenvalue weighted by Crippen LogP contribution is 2.31. The summed E-state index contributed by atoms with van der Waals surface area (Å²) < 4.78 is 35.4. The summed E-state index contributed by atoms with van der Waals surface area (Å²) in [7, 11) is -0.223. The van der Waals surface area contributed by atoms with Crippen LogP contribution in [0, 0.1) is 0 Å². The fraction of sp³-hybridized carbons (Fsp3) is 0.316. The highest BCUT2D eigenvalue weighted by Gasteiger charge is 2.16. The van der Waals surface area contributed by atoms with Crippen molar-refractivity contribution >= 4 is 21.6 Å². The van der Waals surface area contributed by atoms with Crippen LogP contribution in [0.1, 0.15) is 35.3 Å². The lowest BCUT2D eigenvalue weighted by Gasteiger charge is -2.19. The van der Waals surface area contributed by atoms with E-state index in [9.17, 15) is 13.2 Å². The van der Waals surface area contributed by atoms with E-state index < -0.39 is 10.0 Å². The monoisotopic (exact) mass is 392 g/mol. The van der Waals surface area contributed by atoms with Crippen LogP contribution in [0.2, 0.25) is 0 Å². The SMILES string of the molecule is CCC(NC(=O)c1ccc(NS(C)(=O)=O)cc1)c1ccc(OC)c(OC)c1. The van der Waals surface area contributed by atoms with Crippen molar-refractivity contribution < 1.29 is 22.7 Å². The molecule has 8 heteroatoms. The summed E-state index contributed by atoms with van der Waals surface area (Å²) in [4.78, 5) is 12.6. The van der Waals surface area contributed by atoms with E-state index in [-0.39, 0.29) is 11.9 Å². The molecule has 2 aromatic carbocycles. The Hall–Kier alpha value is -2.74. The van der Waals surface area contributed by atoms with Gasteiger partial charge in [-0.15, -0.1) is 0 Å². The van der Waals surface area contributed by atoms with Gasteiger partial charge in [-0.25, -0.2) is 8.42 Å². The summed E-state index contributed by atoms with van der Waals surface area (Å²) in [5.74, 6) is 0.970. The lowest BCUT2D eigenvalue weighted by molar-refractivity contribution is 0.0935. The highest BCUT2D eigenvalue weighted by molar-refractivity contribution is 7.92. The number of carbonyl (C=O) groups excluding carboxylic acids is 1. The van der Waals surface area contributed by atoms with Crippen LogP contribution < -0.4 is 19.5 Å². The van der Waals surface area contributed by atoms with Crippen LogP contribution in [0.5, 0.6) is 11.5 Å². The average molecular weight is 392 g/mol. The quantitative estimate of drug-likeness (QED) is 0.720. The summed E-state index contributed by atoms with van der Waals surface area (Å²) in [6.45, 7) is 1.97. The minimum absolute atomic E-state index is 0.203. The van der Waals surface area contributed by atoms with Crippen LogP contribution in [0.4, 0.5) is 5.69 Å². The third-order valence-corrected chi connectivity index (χ3v) is 4.58. The first-order valence-corrected chi connectivity index (χ1v) is 10.3. The molecule has 0 aliphatic rings. The summed E-state index contributed by atoms with van der Waals surface area (Å²) in [5, 5.41) is 2.98. The highest BCUT2D eigenvalue weighted by atomic mass is 32.2. The molecular weight excluding hydrogens is 368 g/mol. The standard InChI is InChI=1S/C19H24N2O5S/c1-5-16(14-8-11-17(25-2)18(12-14)26-3)20-19(22)13-6-9-15(10-7-13)21-27(4,23)24/h6-12,16,21H,5H2,1-4H3,(H,20,22). The first kappa shape index (κ1) is 20.6. The number of hydrogen-bond donors (Lipinski definition) is 2. The van der Waals surface area contributed by atoms with Gasteiger partial charge in [0.1, 0.15) is 0 Å². The molecule has 1 amide bonds. The summed E-state index contributed by atoms with van der Waals surface area (Å²) in [6.07, 6.45) is 1.76. The third-order valence-electron chi connectivity index (χ3n) is 3.97. The van der Waals surface area contributed by atoms with Gasteiger partial charge in [0.05, 0.1) is 26.5 Å². The molecule has 0 saturated heterocycles. The van der Waals surface area contributed by atoms with Gasteiger partial charge in [-0.3, -0.25) is 9.52 Å². The molecule has 27 heavy (non-hydrogen) atoms.